The summed E-state index contributed by atoms with van der Waals surface area (Å²) in [5.74, 6) is -0.476. The highest BCUT2D eigenvalue weighted by Gasteiger charge is 2.31. The van der Waals surface area contributed by atoms with Gasteiger partial charge in [-0.2, -0.15) is 0 Å². The summed E-state index contributed by atoms with van der Waals surface area (Å²) >= 11 is 1.11. The predicted molar refractivity (Wildman–Crippen MR) is 80.6 cm³/mol. The Morgan fingerprint density at radius 2 is 2.22 bits per heavy atom. The first kappa shape index (κ1) is 16.0. The average Bonchev–Trinajstić information content (AvgIpc) is 2.88. The number of fused-ring (bicyclic) bond motifs is 1. The van der Waals surface area contributed by atoms with Crippen LogP contribution in [0.25, 0.3) is 10.2 Å². The van der Waals surface area contributed by atoms with E-state index in [1.54, 1.807) is 0 Å². The molecule has 1 atom stereocenters. The van der Waals surface area contributed by atoms with Crippen LogP contribution in [0.2, 0.25) is 0 Å². The van der Waals surface area contributed by atoms with Gasteiger partial charge in [0.25, 0.3) is 0 Å². The first-order valence-electron chi connectivity index (χ1n) is 7.11. The van der Waals surface area contributed by atoms with Gasteiger partial charge in [-0.05, 0) is 31.5 Å². The molecule has 0 radical (unpaired) electrons. The fraction of sp³-hybridized carbons (Fsp3) is 0.429. The van der Waals surface area contributed by atoms with Crippen molar-refractivity contribution in [2.45, 2.75) is 31.7 Å². The van der Waals surface area contributed by atoms with E-state index in [0.717, 1.165) is 37.1 Å². The fourth-order valence-corrected chi connectivity index (χ4v) is 3.32. The molecule has 3 rings (SSSR count). The van der Waals surface area contributed by atoms with Crippen molar-refractivity contribution in [3.63, 3.8) is 0 Å². The number of aromatic nitrogens is 1. The summed E-state index contributed by atoms with van der Waals surface area (Å²) in [5.41, 5.74) is 0.511. The van der Waals surface area contributed by atoms with E-state index in [1.165, 1.54) is 18.2 Å². The molecule has 1 amide bonds. The maximum absolute atomic E-state index is 12.2. The van der Waals surface area contributed by atoms with Crippen LogP contribution in [0, 0.1) is 0 Å². The number of rotatable bonds is 3. The van der Waals surface area contributed by atoms with Gasteiger partial charge in [-0.25, -0.2) is 4.98 Å². The molecule has 2 N–H and O–H groups in total. The summed E-state index contributed by atoms with van der Waals surface area (Å²) in [5, 5.41) is 6.20. The Kier molecular flexibility index (Phi) is 4.40. The summed E-state index contributed by atoms with van der Waals surface area (Å²) < 4.78 is 41.1. The number of piperidine rings is 1. The molecular formula is C14H14F3N3O2S. The van der Waals surface area contributed by atoms with Crippen molar-refractivity contribution in [2.24, 2.45) is 0 Å². The highest BCUT2D eigenvalue weighted by Crippen LogP contribution is 2.31. The number of nitrogens with zero attached hydrogens (tertiary/aromatic N) is 1. The van der Waals surface area contributed by atoms with Crippen LogP contribution in [0.5, 0.6) is 5.75 Å². The molecular weight excluding hydrogens is 331 g/mol. The minimum Gasteiger partial charge on any atom is -0.406 e. The van der Waals surface area contributed by atoms with E-state index in [4.69, 9.17) is 0 Å². The van der Waals surface area contributed by atoms with Crippen LogP contribution in [-0.4, -0.2) is 29.8 Å². The Morgan fingerprint density at radius 1 is 1.39 bits per heavy atom. The number of hydrogen-bond acceptors (Lipinski definition) is 5. The first-order chi connectivity index (χ1) is 10.9. The average molecular weight is 345 g/mol. The zero-order chi connectivity index (χ0) is 16.4. The van der Waals surface area contributed by atoms with Crippen LogP contribution < -0.4 is 15.4 Å². The van der Waals surface area contributed by atoms with Crippen molar-refractivity contribution in [1.29, 1.82) is 0 Å². The van der Waals surface area contributed by atoms with Gasteiger partial charge < -0.3 is 15.4 Å². The van der Waals surface area contributed by atoms with Crippen LogP contribution in [0.1, 0.15) is 19.3 Å². The monoisotopic (exact) mass is 345 g/mol. The fourth-order valence-electron chi connectivity index (χ4n) is 2.42. The normalized spacial score (nSPS) is 18.8. The number of benzene rings is 1. The topological polar surface area (TPSA) is 63.2 Å². The second-order valence-corrected chi connectivity index (χ2v) is 6.22. The van der Waals surface area contributed by atoms with Gasteiger partial charge >= 0.3 is 6.36 Å². The Bertz CT molecular complexity index is 711. The summed E-state index contributed by atoms with van der Waals surface area (Å²) in [4.78, 5) is 16.3. The van der Waals surface area contributed by atoms with Gasteiger partial charge in [0, 0.05) is 6.07 Å². The SMILES string of the molecule is O=C(Nc1nc2ccc(OC(F)(F)F)cc2s1)[C@H]1CCCCN1. The molecule has 23 heavy (non-hydrogen) atoms. The summed E-state index contributed by atoms with van der Waals surface area (Å²) in [7, 11) is 0. The number of anilines is 1. The van der Waals surface area contributed by atoms with Crippen LogP contribution in [0.4, 0.5) is 18.3 Å². The van der Waals surface area contributed by atoms with Crippen molar-refractivity contribution in [3.8, 4) is 5.75 Å². The maximum atomic E-state index is 12.2. The molecule has 0 unspecified atom stereocenters. The second kappa shape index (κ2) is 6.32. The minimum absolute atomic E-state index is 0.171. The minimum atomic E-state index is -4.73. The van der Waals surface area contributed by atoms with Crippen LogP contribution in [0.3, 0.4) is 0 Å². The number of amides is 1. The van der Waals surface area contributed by atoms with Gasteiger partial charge in [0.05, 0.1) is 16.3 Å². The lowest BCUT2D eigenvalue weighted by molar-refractivity contribution is -0.274. The van der Waals surface area contributed by atoms with Crippen LogP contribution in [0.15, 0.2) is 18.2 Å². The predicted octanol–water partition coefficient (Wildman–Crippen LogP) is 3.28. The quantitative estimate of drug-likeness (QED) is 0.896. The van der Waals surface area contributed by atoms with E-state index in [2.05, 4.69) is 20.4 Å². The smallest absolute Gasteiger partial charge is 0.406 e. The standard InChI is InChI=1S/C14H14F3N3O2S/c15-14(16,17)22-8-4-5-9-11(7-8)23-13(19-9)20-12(21)10-3-1-2-6-18-10/h4-5,7,10,18H,1-3,6H2,(H,19,20,21)/t10-/m1/s1. The molecule has 124 valence electrons. The highest BCUT2D eigenvalue weighted by atomic mass is 32.1. The molecule has 1 fully saturated rings. The summed E-state index contributed by atoms with van der Waals surface area (Å²) in [6, 6.07) is 3.64. The van der Waals surface area contributed by atoms with Crippen LogP contribution >= 0.6 is 11.3 Å². The van der Waals surface area contributed by atoms with E-state index in [1.807, 2.05) is 0 Å². The lowest BCUT2D eigenvalue weighted by atomic mass is 10.0. The highest BCUT2D eigenvalue weighted by molar-refractivity contribution is 7.22. The molecule has 2 heterocycles. The van der Waals surface area contributed by atoms with Crippen LogP contribution in [-0.2, 0) is 4.79 Å². The molecule has 9 heteroatoms. The number of carbonyl (C=O) groups excluding carboxylic acids is 1. The summed E-state index contributed by atoms with van der Waals surface area (Å²) in [6.07, 6.45) is -1.93. The number of halogens is 3. The van der Waals surface area contributed by atoms with Crippen molar-refractivity contribution in [1.82, 2.24) is 10.3 Å². The molecule has 1 aromatic heterocycles. The first-order valence-corrected chi connectivity index (χ1v) is 7.93. The summed E-state index contributed by atoms with van der Waals surface area (Å²) in [6.45, 7) is 0.802. The Morgan fingerprint density at radius 3 is 2.91 bits per heavy atom. The number of ether oxygens (including phenoxy) is 1. The van der Waals surface area contributed by atoms with Crippen molar-refractivity contribution in [2.75, 3.05) is 11.9 Å². The Labute approximate surface area is 133 Å². The van der Waals surface area contributed by atoms with Gasteiger partial charge in [-0.15, -0.1) is 13.2 Å². The third-order valence-corrected chi connectivity index (χ3v) is 4.38. The lowest BCUT2D eigenvalue weighted by Crippen LogP contribution is -2.43. The zero-order valence-electron chi connectivity index (χ0n) is 11.9. The second-order valence-electron chi connectivity index (χ2n) is 5.19. The zero-order valence-corrected chi connectivity index (χ0v) is 12.8. The molecule has 1 aromatic carbocycles. The molecule has 1 aliphatic heterocycles. The van der Waals surface area contributed by atoms with E-state index in [-0.39, 0.29) is 17.7 Å². The number of hydrogen-bond donors (Lipinski definition) is 2. The molecule has 0 aliphatic carbocycles. The maximum Gasteiger partial charge on any atom is 0.573 e. The third-order valence-electron chi connectivity index (χ3n) is 3.45. The van der Waals surface area contributed by atoms with E-state index < -0.39 is 6.36 Å². The van der Waals surface area contributed by atoms with Gasteiger partial charge in [0.1, 0.15) is 5.75 Å². The van der Waals surface area contributed by atoms with Gasteiger partial charge in [0.2, 0.25) is 5.91 Å². The molecule has 0 bridgehead atoms. The largest absolute Gasteiger partial charge is 0.573 e. The van der Waals surface area contributed by atoms with Crippen molar-refractivity contribution in [3.05, 3.63) is 18.2 Å². The van der Waals surface area contributed by atoms with Crippen molar-refractivity contribution >= 4 is 32.6 Å². The molecule has 2 aromatic rings. The molecule has 1 saturated heterocycles. The van der Waals surface area contributed by atoms with E-state index >= 15 is 0 Å². The number of nitrogens with one attached hydrogen (secondary N) is 2. The number of thiazole rings is 1. The molecule has 0 saturated carbocycles. The van der Waals surface area contributed by atoms with E-state index in [9.17, 15) is 18.0 Å². The third kappa shape index (κ3) is 4.11. The number of alkyl halides is 3. The van der Waals surface area contributed by atoms with Gasteiger partial charge in [-0.1, -0.05) is 17.8 Å². The Balaban J connectivity index is 1.73. The molecule has 5 nitrogen and oxygen atoms in total. The molecule has 1 aliphatic rings. The Hall–Kier alpha value is -1.87. The number of carbonyl (C=O) groups is 1. The van der Waals surface area contributed by atoms with Gasteiger partial charge in [0.15, 0.2) is 5.13 Å². The van der Waals surface area contributed by atoms with E-state index in [0.29, 0.717) is 15.3 Å². The van der Waals surface area contributed by atoms with Crippen molar-refractivity contribution < 1.29 is 22.7 Å². The lowest BCUT2D eigenvalue weighted by Gasteiger charge is -2.21. The van der Waals surface area contributed by atoms with Gasteiger partial charge in [-0.3, -0.25) is 4.79 Å². The molecule has 0 spiro atoms.